The second-order valence-corrected chi connectivity index (χ2v) is 2.86. The Bertz CT molecular complexity index is 248. The van der Waals surface area contributed by atoms with Crippen LogP contribution in [0.25, 0.3) is 0 Å². The molecule has 0 aromatic carbocycles. The first-order chi connectivity index (χ1) is 4.56. The molecular weight excluding hydrogens is 151 g/mol. The van der Waals surface area contributed by atoms with Crippen LogP contribution >= 0.6 is 7.60 Å². The molecule has 0 aliphatic heterocycles. The first-order valence-corrected chi connectivity index (χ1v) is 4.08. The van der Waals surface area contributed by atoms with Crippen molar-refractivity contribution in [2.45, 2.75) is 0 Å². The molecule has 2 N–H and O–H groups in total. The number of hydrogen-bond acceptors (Lipinski definition) is 1. The summed E-state index contributed by atoms with van der Waals surface area (Å²) < 4.78 is 10.1. The van der Waals surface area contributed by atoms with E-state index in [0.29, 0.717) is 5.82 Å². The summed E-state index contributed by atoms with van der Waals surface area (Å²) in [6.45, 7) is 3.23. The standard InChI is InChI=1S/C6H7O3P/c1-2-3-4-5-6-10(7,8)9/h3-4,6H,1H2,(H2,7,8,9). The fourth-order valence-corrected chi connectivity index (χ4v) is 0.527. The van der Waals surface area contributed by atoms with Crippen molar-refractivity contribution in [2.24, 2.45) is 0 Å². The maximum atomic E-state index is 10.1. The summed E-state index contributed by atoms with van der Waals surface area (Å²) in [5.41, 5.74) is 4.64. The van der Waals surface area contributed by atoms with Gasteiger partial charge in [-0.2, -0.15) is 0 Å². The van der Waals surface area contributed by atoms with Crippen molar-refractivity contribution in [3.63, 3.8) is 0 Å². The molecule has 0 fully saturated rings. The van der Waals surface area contributed by atoms with Crippen molar-refractivity contribution >= 4 is 7.60 Å². The third-order valence-electron chi connectivity index (χ3n) is 0.540. The highest BCUT2D eigenvalue weighted by atomic mass is 31.2. The van der Waals surface area contributed by atoms with Crippen molar-refractivity contribution in [2.75, 3.05) is 0 Å². The van der Waals surface area contributed by atoms with Gasteiger partial charge in [0.05, 0.1) is 5.82 Å². The topological polar surface area (TPSA) is 57.5 Å². The van der Waals surface area contributed by atoms with E-state index in [1.807, 2.05) is 0 Å². The van der Waals surface area contributed by atoms with Gasteiger partial charge in [0, 0.05) is 0 Å². The molecule has 4 heteroatoms. The lowest BCUT2D eigenvalue weighted by molar-refractivity contribution is 0.386. The molecule has 10 heavy (non-hydrogen) atoms. The third kappa shape index (κ3) is 7.19. The quantitative estimate of drug-likeness (QED) is 0.360. The van der Waals surface area contributed by atoms with Gasteiger partial charge in [-0.05, 0) is 12.2 Å². The van der Waals surface area contributed by atoms with Crippen LogP contribution in [0.2, 0.25) is 0 Å². The Kier molecular flexibility index (Phi) is 3.75. The van der Waals surface area contributed by atoms with Gasteiger partial charge in [-0.1, -0.05) is 6.58 Å². The van der Waals surface area contributed by atoms with E-state index in [2.05, 4.69) is 18.0 Å². The van der Waals surface area contributed by atoms with Crippen LogP contribution in [0.15, 0.2) is 36.0 Å². The van der Waals surface area contributed by atoms with Gasteiger partial charge in [-0.15, -0.1) is 11.5 Å². The van der Waals surface area contributed by atoms with E-state index < -0.39 is 7.60 Å². The summed E-state index contributed by atoms with van der Waals surface area (Å²) in [5, 5.41) is 0. The summed E-state index contributed by atoms with van der Waals surface area (Å²) in [7, 11) is -4.04. The highest BCUT2D eigenvalue weighted by Gasteiger charge is 2.03. The van der Waals surface area contributed by atoms with E-state index >= 15 is 0 Å². The van der Waals surface area contributed by atoms with Crippen molar-refractivity contribution in [1.29, 1.82) is 0 Å². The van der Waals surface area contributed by atoms with Crippen LogP contribution in [0.4, 0.5) is 0 Å². The summed E-state index contributed by atoms with van der Waals surface area (Å²) >= 11 is 0. The van der Waals surface area contributed by atoms with E-state index in [9.17, 15) is 4.57 Å². The summed E-state index contributed by atoms with van der Waals surface area (Å²) in [6, 6.07) is 0. The maximum absolute atomic E-state index is 10.1. The largest absolute Gasteiger partial charge is 0.356 e. The van der Waals surface area contributed by atoms with E-state index in [1.165, 1.54) is 12.2 Å². The van der Waals surface area contributed by atoms with Gasteiger partial charge in [-0.25, -0.2) is 0 Å². The molecule has 0 unspecified atom stereocenters. The predicted molar refractivity (Wildman–Crippen MR) is 38.4 cm³/mol. The van der Waals surface area contributed by atoms with Crippen LogP contribution in [0.3, 0.4) is 0 Å². The van der Waals surface area contributed by atoms with Crippen molar-refractivity contribution < 1.29 is 14.4 Å². The second-order valence-electron chi connectivity index (χ2n) is 1.42. The Balaban J connectivity index is 4.26. The van der Waals surface area contributed by atoms with E-state index in [-0.39, 0.29) is 0 Å². The third-order valence-corrected chi connectivity index (χ3v) is 1.03. The number of hydrogen-bond donors (Lipinski definition) is 2. The van der Waals surface area contributed by atoms with E-state index in [0.717, 1.165) is 0 Å². The molecule has 0 rings (SSSR count). The fourth-order valence-electron chi connectivity index (χ4n) is 0.247. The molecule has 0 atom stereocenters. The van der Waals surface area contributed by atoms with Crippen LogP contribution in [-0.2, 0) is 4.57 Å². The van der Waals surface area contributed by atoms with Gasteiger partial charge >= 0.3 is 7.60 Å². The fraction of sp³-hybridized carbons (Fsp3) is 0. The van der Waals surface area contributed by atoms with Gasteiger partial charge < -0.3 is 9.79 Å². The molecule has 0 aliphatic rings. The molecule has 0 saturated carbocycles. The van der Waals surface area contributed by atoms with Gasteiger partial charge in [0.2, 0.25) is 0 Å². The zero-order valence-corrected chi connectivity index (χ0v) is 6.08. The summed E-state index contributed by atoms with van der Waals surface area (Å²) in [4.78, 5) is 16.5. The number of allylic oxidation sites excluding steroid dienone is 2. The molecular formula is C6H7O3P. The average molecular weight is 158 g/mol. The molecule has 0 bridgehead atoms. The van der Waals surface area contributed by atoms with Crippen LogP contribution in [0.1, 0.15) is 0 Å². The van der Waals surface area contributed by atoms with Crippen LogP contribution in [0.5, 0.6) is 0 Å². The average Bonchev–Trinajstić information content (AvgIpc) is 1.78. The van der Waals surface area contributed by atoms with E-state index in [4.69, 9.17) is 9.79 Å². The Morgan fingerprint density at radius 1 is 1.40 bits per heavy atom. The first-order valence-electron chi connectivity index (χ1n) is 2.39. The predicted octanol–water partition coefficient (Wildman–Crippen LogP) is 1.17. The van der Waals surface area contributed by atoms with Crippen LogP contribution in [-0.4, -0.2) is 9.79 Å². The Labute approximate surface area is 58.9 Å². The van der Waals surface area contributed by atoms with Gasteiger partial charge in [-0.3, -0.25) is 4.57 Å². The molecule has 0 spiro atoms. The lowest BCUT2D eigenvalue weighted by atomic mass is 10.6. The van der Waals surface area contributed by atoms with Crippen molar-refractivity contribution in [3.8, 4) is 0 Å². The normalized spacial score (nSPS) is 9.00. The molecule has 0 radical (unpaired) electrons. The molecule has 0 amide bonds. The highest BCUT2D eigenvalue weighted by molar-refractivity contribution is 7.55. The second kappa shape index (κ2) is 4.08. The highest BCUT2D eigenvalue weighted by Crippen LogP contribution is 2.35. The maximum Gasteiger partial charge on any atom is 0.356 e. The van der Waals surface area contributed by atoms with Crippen LogP contribution < -0.4 is 0 Å². The zero-order valence-electron chi connectivity index (χ0n) is 5.19. The summed E-state index contributed by atoms with van der Waals surface area (Å²) in [5.74, 6) is 0.681. The van der Waals surface area contributed by atoms with Crippen molar-refractivity contribution in [1.82, 2.24) is 0 Å². The minimum Gasteiger partial charge on any atom is -0.321 e. The molecule has 0 saturated heterocycles. The van der Waals surface area contributed by atoms with Gasteiger partial charge in [0.1, 0.15) is 0 Å². The molecule has 3 nitrogen and oxygen atoms in total. The number of rotatable bonds is 2. The SMILES string of the molecule is C=C=CC=C=CP(=O)(O)O. The minimum atomic E-state index is -4.04. The lowest BCUT2D eigenvalue weighted by Crippen LogP contribution is -1.64. The molecule has 0 aromatic heterocycles. The molecule has 54 valence electrons. The molecule has 0 aliphatic carbocycles. The Morgan fingerprint density at radius 3 is 2.40 bits per heavy atom. The summed E-state index contributed by atoms with van der Waals surface area (Å²) in [6.07, 6.45) is 2.71. The van der Waals surface area contributed by atoms with Gasteiger partial charge in [0.15, 0.2) is 0 Å². The zero-order chi connectivity index (χ0) is 8.04. The van der Waals surface area contributed by atoms with E-state index in [1.54, 1.807) is 0 Å². The Morgan fingerprint density at radius 2 is 2.00 bits per heavy atom. The molecule has 0 aromatic rings. The smallest absolute Gasteiger partial charge is 0.321 e. The monoisotopic (exact) mass is 158 g/mol. The van der Waals surface area contributed by atoms with Gasteiger partial charge in [0.25, 0.3) is 0 Å². The molecule has 0 heterocycles. The first kappa shape index (κ1) is 9.19. The Hall–Kier alpha value is -0.810. The van der Waals surface area contributed by atoms with Crippen molar-refractivity contribution in [3.05, 3.63) is 36.0 Å². The van der Waals surface area contributed by atoms with Crippen LogP contribution in [0, 0.1) is 0 Å². The lowest BCUT2D eigenvalue weighted by Gasteiger charge is -1.87. The minimum absolute atomic E-state index is 0.681.